The number of allylic oxidation sites excluding steroid dienone is 6. The van der Waals surface area contributed by atoms with E-state index in [4.69, 9.17) is 0 Å². The van der Waals surface area contributed by atoms with E-state index >= 15 is 0 Å². The first kappa shape index (κ1) is 83.8. The average Bonchev–Trinajstić information content (AvgIpc) is 1.28. The maximum atomic E-state index is 4.63. The second kappa shape index (κ2) is 34.5. The van der Waals surface area contributed by atoms with E-state index in [2.05, 4.69) is 444 Å². The summed E-state index contributed by atoms with van der Waals surface area (Å²) < 4.78 is 2.57. The van der Waals surface area contributed by atoms with Gasteiger partial charge in [0, 0.05) is 56.3 Å². The zero-order chi connectivity index (χ0) is 86.4. The molecule has 4 aliphatic rings. The molecule has 13 aromatic carbocycles. The molecular formula is C122H125N3. The zero-order valence-electron chi connectivity index (χ0n) is 76.1. The van der Waals surface area contributed by atoms with Crippen LogP contribution in [0, 0.1) is 5.92 Å². The molecule has 1 heterocycles. The van der Waals surface area contributed by atoms with Gasteiger partial charge in [-0.25, -0.2) is 0 Å². The number of anilines is 6. The van der Waals surface area contributed by atoms with E-state index in [-0.39, 0.29) is 27.6 Å². The third-order valence-corrected chi connectivity index (χ3v) is 28.6. The van der Waals surface area contributed by atoms with Crippen molar-refractivity contribution in [2.75, 3.05) is 9.80 Å². The summed E-state index contributed by atoms with van der Waals surface area (Å²) in [4.78, 5) is 4.89. The van der Waals surface area contributed by atoms with Gasteiger partial charge in [0.05, 0.1) is 16.3 Å². The summed E-state index contributed by atoms with van der Waals surface area (Å²) in [5.74, 6) is -0.0399. The molecule has 0 N–H and O–H groups in total. The molecule has 1 aromatic heterocycles. The van der Waals surface area contributed by atoms with E-state index < -0.39 is 10.8 Å². The van der Waals surface area contributed by atoms with Gasteiger partial charge in [-0.2, -0.15) is 0 Å². The Morgan fingerprint density at radius 1 is 0.384 bits per heavy atom. The summed E-state index contributed by atoms with van der Waals surface area (Å²) in [5.41, 5.74) is 36.4. The molecule has 0 saturated carbocycles. The van der Waals surface area contributed by atoms with Crippen LogP contribution in [0.5, 0.6) is 0 Å². The number of fused-ring (bicyclic) bond motifs is 10. The molecule has 0 bridgehead atoms. The molecular weight excluding hydrogens is 1510 g/mol. The minimum Gasteiger partial charge on any atom is -0.311 e. The molecule has 0 saturated heterocycles. The van der Waals surface area contributed by atoms with E-state index in [0.717, 1.165) is 46.2 Å². The first-order valence-corrected chi connectivity index (χ1v) is 46.9. The maximum absolute atomic E-state index is 4.63. The third kappa shape index (κ3) is 15.0. The highest BCUT2D eigenvalue weighted by Crippen LogP contribution is 2.62. The van der Waals surface area contributed by atoms with Gasteiger partial charge in [-0.3, -0.25) is 0 Å². The van der Waals surface area contributed by atoms with Gasteiger partial charge >= 0.3 is 0 Å². The number of nitrogens with zero attached hydrogens (tertiary/aromatic N) is 3. The quantitative estimate of drug-likeness (QED) is 0.0453. The SMILES string of the molecule is C=CC1=C(/C=C\C)C(c2ccc(N(c3ccccc3)c3ccc(C(C)(C)C)cc3)cc2)(C2C=Cc3c(c4cc(C5(c6ccc(N(c7ccc(-c8ccc9c(c8)C(CCCCCCCC)(CCCCCCCC)c8ccccc8-9)cc7)c7ccc(C(C)(C)C)cc7)cc6)c6ccccc6-c6ccccc65)ccc4n3-c3ccc(C(C)(C)C)cc3)C2)c2ccccc21. The lowest BCUT2D eigenvalue weighted by molar-refractivity contribution is 0.398. The van der Waals surface area contributed by atoms with Crippen LogP contribution in [0.25, 0.3) is 61.6 Å². The number of hydrogen-bond acceptors (Lipinski definition) is 2. The first-order chi connectivity index (χ1) is 60.7. The van der Waals surface area contributed by atoms with Crippen LogP contribution in [-0.2, 0) is 38.9 Å². The molecule has 0 spiro atoms. The van der Waals surface area contributed by atoms with Gasteiger partial charge in [0.2, 0.25) is 0 Å². The van der Waals surface area contributed by atoms with Crippen molar-refractivity contribution in [2.24, 2.45) is 5.92 Å². The fourth-order valence-electron chi connectivity index (χ4n) is 22.2. The Hall–Kier alpha value is -12.0. The average molecular weight is 1630 g/mol. The van der Waals surface area contributed by atoms with Crippen molar-refractivity contribution >= 4 is 56.7 Å². The summed E-state index contributed by atoms with van der Waals surface area (Å²) in [5, 5.41) is 1.26. The Morgan fingerprint density at radius 2 is 0.800 bits per heavy atom. The summed E-state index contributed by atoms with van der Waals surface area (Å²) in [6.07, 6.45) is 30.6. The predicted octanol–water partition coefficient (Wildman–Crippen LogP) is 34.0. The standard InChI is InChI=1S/C122H125N3/c1-14-18-20-22-24-37-80-120(81-38-25-23-21-19-15-2)109-46-33-29-43-103(109)106-77-52-86(82-114(106)120)85-50-65-95(66-51-85)124(97-69-55-88(56-70-97)118(8,9)10)99-75-61-91(62-76-99)122(112-48-35-31-44-104(112)105-45-32-36-49-113(105)122)93-64-79-116-108(84-93)107-83-92(63-78-115(107)125(116)100-71-57-89(58-72-100)119(11,12)13)121(110(39-16-3)101(17-4)102-42-30-34-47-111(102)121)90-59-73-98(74-60-90)123(94-40-27-26-28-41-94)96-67-53-87(54-68-96)117(5,6)7/h16-17,26-36,39-79,82,84,92H,4,14-15,18-25,37-38,80-81,83H2,1-3,5-13H3/b39-16-. The fourth-order valence-corrected chi connectivity index (χ4v) is 22.2. The molecule has 14 aromatic rings. The van der Waals surface area contributed by atoms with Gasteiger partial charge in [0.25, 0.3) is 0 Å². The highest BCUT2D eigenvalue weighted by molar-refractivity contribution is 5.96. The molecule has 125 heavy (non-hydrogen) atoms. The lowest BCUT2D eigenvalue weighted by Crippen LogP contribution is -2.38. The number of benzene rings is 13. The summed E-state index contributed by atoms with van der Waals surface area (Å²) in [7, 11) is 0. The van der Waals surface area contributed by atoms with Crippen molar-refractivity contribution in [1.29, 1.82) is 0 Å². The highest BCUT2D eigenvalue weighted by atomic mass is 15.1. The second-order valence-electron chi connectivity index (χ2n) is 39.3. The molecule has 18 rings (SSSR count). The number of hydrogen-bond donors (Lipinski definition) is 0. The molecule has 3 heteroatoms. The van der Waals surface area contributed by atoms with Gasteiger partial charge in [0.15, 0.2) is 0 Å². The minimum atomic E-state index is -0.720. The molecule has 3 nitrogen and oxygen atoms in total. The first-order valence-electron chi connectivity index (χ1n) is 46.9. The molecule has 2 unspecified atom stereocenters. The Kier molecular flexibility index (Phi) is 23.1. The smallest absolute Gasteiger partial charge is 0.0713 e. The Bertz CT molecular complexity index is 6270. The van der Waals surface area contributed by atoms with Crippen LogP contribution in [0.15, 0.2) is 346 Å². The van der Waals surface area contributed by atoms with E-state index in [1.54, 1.807) is 11.1 Å². The van der Waals surface area contributed by atoms with E-state index in [1.807, 2.05) is 0 Å². The normalized spacial score (nSPS) is 16.0. The zero-order valence-corrected chi connectivity index (χ0v) is 76.1. The number of rotatable bonds is 28. The van der Waals surface area contributed by atoms with Crippen LogP contribution in [0.1, 0.15) is 251 Å². The van der Waals surface area contributed by atoms with Crippen LogP contribution in [0.2, 0.25) is 0 Å². The Morgan fingerprint density at radius 3 is 1.31 bits per heavy atom. The molecule has 0 fully saturated rings. The predicted molar refractivity (Wildman–Crippen MR) is 536 cm³/mol. The molecule has 2 atom stereocenters. The molecule has 0 aliphatic heterocycles. The van der Waals surface area contributed by atoms with Crippen molar-refractivity contribution in [3.05, 3.63) is 424 Å². The highest BCUT2D eigenvalue weighted by Gasteiger charge is 2.52. The molecule has 628 valence electrons. The van der Waals surface area contributed by atoms with Crippen molar-refractivity contribution in [1.82, 2.24) is 4.57 Å². The van der Waals surface area contributed by atoms with Crippen molar-refractivity contribution in [3.8, 4) is 39.1 Å². The number of para-hydroxylation sites is 1. The van der Waals surface area contributed by atoms with Crippen molar-refractivity contribution < 1.29 is 0 Å². The summed E-state index contributed by atoms with van der Waals surface area (Å²) >= 11 is 0. The fraction of sp³-hybridized carbons (Fsp3) is 0.279. The van der Waals surface area contributed by atoms with Gasteiger partial charge in [-0.15, -0.1) is 0 Å². The minimum absolute atomic E-state index is 0.00147. The summed E-state index contributed by atoms with van der Waals surface area (Å²) in [6, 6.07) is 120. The number of unbranched alkanes of at least 4 members (excludes halogenated alkanes) is 10. The maximum Gasteiger partial charge on any atom is 0.0713 e. The van der Waals surface area contributed by atoms with Gasteiger partial charge in [0.1, 0.15) is 0 Å². The molecule has 0 amide bonds. The van der Waals surface area contributed by atoms with E-state index in [9.17, 15) is 0 Å². The van der Waals surface area contributed by atoms with E-state index in [0.29, 0.717) is 0 Å². The topological polar surface area (TPSA) is 11.4 Å². The van der Waals surface area contributed by atoms with Crippen molar-refractivity contribution in [2.45, 2.75) is 212 Å². The van der Waals surface area contributed by atoms with Crippen LogP contribution in [0.4, 0.5) is 34.1 Å². The second-order valence-corrected chi connectivity index (χ2v) is 39.3. The third-order valence-electron chi connectivity index (χ3n) is 28.6. The molecule has 0 radical (unpaired) electrons. The van der Waals surface area contributed by atoms with Crippen LogP contribution in [0.3, 0.4) is 0 Å². The van der Waals surface area contributed by atoms with Crippen LogP contribution >= 0.6 is 0 Å². The van der Waals surface area contributed by atoms with Crippen LogP contribution in [-0.4, -0.2) is 4.57 Å². The monoisotopic (exact) mass is 1630 g/mol. The summed E-state index contributed by atoms with van der Waals surface area (Å²) in [6.45, 7) is 32.2. The lowest BCUT2D eigenvalue weighted by Gasteiger charge is -2.41. The Labute approximate surface area is 746 Å². The van der Waals surface area contributed by atoms with E-state index in [1.165, 1.54) is 212 Å². The van der Waals surface area contributed by atoms with Gasteiger partial charge in [-0.05, 0) is 274 Å². The van der Waals surface area contributed by atoms with Crippen LogP contribution < -0.4 is 9.80 Å². The van der Waals surface area contributed by atoms with Gasteiger partial charge in [-0.1, -0.05) is 390 Å². The lowest BCUT2D eigenvalue weighted by atomic mass is 9.60. The van der Waals surface area contributed by atoms with Gasteiger partial charge < -0.3 is 14.4 Å². The number of aromatic nitrogens is 1. The van der Waals surface area contributed by atoms with Crippen molar-refractivity contribution in [3.63, 3.8) is 0 Å². The largest absolute Gasteiger partial charge is 0.311 e. The Balaban J connectivity index is 0.771. The molecule has 4 aliphatic carbocycles.